The molecular formula is C31H18F6. The lowest BCUT2D eigenvalue weighted by Gasteiger charge is -2.10. The fraction of sp³-hybridized carbons (Fsp3) is 0.0323. The zero-order valence-electron chi connectivity index (χ0n) is 19.2. The van der Waals surface area contributed by atoms with Gasteiger partial charge in [0.1, 0.15) is 11.6 Å². The van der Waals surface area contributed by atoms with E-state index < -0.39 is 34.9 Å². The second kappa shape index (κ2) is 9.97. The lowest BCUT2D eigenvalue weighted by atomic mass is 9.96. The molecule has 5 aromatic rings. The van der Waals surface area contributed by atoms with E-state index in [1.165, 1.54) is 30.3 Å². The summed E-state index contributed by atoms with van der Waals surface area (Å²) in [5.41, 5.74) is 3.70. The van der Waals surface area contributed by atoms with Crippen molar-refractivity contribution in [3.05, 3.63) is 143 Å². The molecule has 0 spiro atoms. The highest BCUT2D eigenvalue weighted by atomic mass is 19.2. The molecule has 5 aromatic carbocycles. The van der Waals surface area contributed by atoms with Gasteiger partial charge in [0.15, 0.2) is 23.3 Å². The van der Waals surface area contributed by atoms with Gasteiger partial charge in [-0.1, -0.05) is 60.7 Å². The van der Waals surface area contributed by atoms with Gasteiger partial charge < -0.3 is 0 Å². The molecule has 37 heavy (non-hydrogen) atoms. The average molecular weight is 504 g/mol. The molecule has 0 saturated heterocycles. The molecule has 0 fully saturated rings. The Kier molecular flexibility index (Phi) is 6.57. The number of benzene rings is 5. The van der Waals surface area contributed by atoms with Gasteiger partial charge in [-0.05, 0) is 76.2 Å². The molecule has 0 heterocycles. The fourth-order valence-corrected chi connectivity index (χ4v) is 4.22. The number of halogens is 6. The second-order valence-electron chi connectivity index (χ2n) is 8.64. The largest absolute Gasteiger partial charge is 0.206 e. The van der Waals surface area contributed by atoms with Gasteiger partial charge in [0.05, 0.1) is 0 Å². The molecule has 6 heteroatoms. The maximum Gasteiger partial charge on any atom is 0.159 e. The van der Waals surface area contributed by atoms with Gasteiger partial charge in [0, 0.05) is 11.1 Å². The van der Waals surface area contributed by atoms with Crippen LogP contribution in [0.4, 0.5) is 26.3 Å². The summed E-state index contributed by atoms with van der Waals surface area (Å²) in [4.78, 5) is 0. The summed E-state index contributed by atoms with van der Waals surface area (Å²) in [5.74, 6) is -4.99. The lowest BCUT2D eigenvalue weighted by Crippen LogP contribution is -1.94. The van der Waals surface area contributed by atoms with E-state index in [1.807, 2.05) is 0 Å². The predicted molar refractivity (Wildman–Crippen MR) is 132 cm³/mol. The van der Waals surface area contributed by atoms with Crippen molar-refractivity contribution in [1.82, 2.24) is 0 Å². The zero-order valence-corrected chi connectivity index (χ0v) is 19.2. The Balaban J connectivity index is 1.34. The molecule has 0 aliphatic rings. The van der Waals surface area contributed by atoms with Crippen LogP contribution in [0, 0.1) is 34.9 Å². The third kappa shape index (κ3) is 5.14. The standard InChI is InChI=1S/C31H18F6/c32-26-11-7-22(16-30(26)36)20-3-5-21(6-4-20)24-9-1-18(14-28(24)34)13-19-2-10-25(29(35)15-19)23-8-12-27(33)31(37)17-23/h1-12,14-17H,13H2. The van der Waals surface area contributed by atoms with Gasteiger partial charge >= 0.3 is 0 Å². The van der Waals surface area contributed by atoms with Crippen molar-refractivity contribution in [3.63, 3.8) is 0 Å². The summed E-state index contributed by atoms with van der Waals surface area (Å²) >= 11 is 0. The summed E-state index contributed by atoms with van der Waals surface area (Å²) in [6, 6.07) is 22.8. The van der Waals surface area contributed by atoms with E-state index in [0.717, 1.165) is 24.3 Å². The molecule has 0 N–H and O–H groups in total. The first-order valence-corrected chi connectivity index (χ1v) is 11.4. The van der Waals surface area contributed by atoms with Crippen LogP contribution >= 0.6 is 0 Å². The minimum absolute atomic E-state index is 0.135. The van der Waals surface area contributed by atoms with Crippen molar-refractivity contribution >= 4 is 0 Å². The fourth-order valence-electron chi connectivity index (χ4n) is 4.22. The molecule has 0 nitrogen and oxygen atoms in total. The normalized spacial score (nSPS) is 11.1. The van der Waals surface area contributed by atoms with E-state index in [0.29, 0.717) is 33.4 Å². The van der Waals surface area contributed by atoms with Crippen LogP contribution < -0.4 is 0 Å². The van der Waals surface area contributed by atoms with E-state index in [1.54, 1.807) is 42.5 Å². The topological polar surface area (TPSA) is 0 Å². The molecule has 0 aliphatic carbocycles. The van der Waals surface area contributed by atoms with E-state index in [9.17, 15) is 26.3 Å². The molecule has 0 amide bonds. The molecule has 0 aromatic heterocycles. The zero-order chi connectivity index (χ0) is 26.1. The Labute approximate surface area is 209 Å². The molecule has 0 saturated carbocycles. The lowest BCUT2D eigenvalue weighted by molar-refractivity contribution is 0.509. The number of hydrogen-bond donors (Lipinski definition) is 0. The molecule has 5 rings (SSSR count). The first kappa shape index (κ1) is 24.4. The van der Waals surface area contributed by atoms with E-state index in [2.05, 4.69) is 0 Å². The first-order valence-electron chi connectivity index (χ1n) is 11.4. The smallest absolute Gasteiger partial charge is 0.159 e. The predicted octanol–water partition coefficient (Wildman–Crippen LogP) is 9.11. The Hall–Kier alpha value is -4.32. The molecule has 0 aliphatic heterocycles. The van der Waals surface area contributed by atoms with E-state index >= 15 is 0 Å². The maximum atomic E-state index is 15.0. The SMILES string of the molecule is Fc1ccc(-c2ccc(-c3ccc(Cc4ccc(-c5ccc(F)c(F)c5)c(F)c4)cc3F)cc2)cc1F. The van der Waals surface area contributed by atoms with Crippen molar-refractivity contribution in [3.8, 4) is 33.4 Å². The summed E-state index contributed by atoms with van der Waals surface area (Å²) in [5, 5.41) is 0. The highest BCUT2D eigenvalue weighted by molar-refractivity contribution is 5.71. The molecule has 184 valence electrons. The number of hydrogen-bond acceptors (Lipinski definition) is 0. The molecule has 0 radical (unpaired) electrons. The van der Waals surface area contributed by atoms with Crippen molar-refractivity contribution in [2.75, 3.05) is 0 Å². The van der Waals surface area contributed by atoms with E-state index in [4.69, 9.17) is 0 Å². The van der Waals surface area contributed by atoms with Gasteiger partial charge in [-0.3, -0.25) is 0 Å². The van der Waals surface area contributed by atoms with Crippen molar-refractivity contribution in [2.24, 2.45) is 0 Å². The first-order chi connectivity index (χ1) is 17.8. The Morgan fingerprint density at radius 3 is 1.27 bits per heavy atom. The van der Waals surface area contributed by atoms with Crippen LogP contribution in [-0.2, 0) is 6.42 Å². The van der Waals surface area contributed by atoms with Crippen molar-refractivity contribution in [2.45, 2.75) is 6.42 Å². The van der Waals surface area contributed by atoms with E-state index in [-0.39, 0.29) is 17.5 Å². The third-order valence-corrected chi connectivity index (χ3v) is 6.15. The number of rotatable bonds is 5. The Morgan fingerprint density at radius 2 is 0.757 bits per heavy atom. The van der Waals surface area contributed by atoms with Crippen molar-refractivity contribution < 1.29 is 26.3 Å². The quantitative estimate of drug-likeness (QED) is 0.209. The van der Waals surface area contributed by atoms with Crippen LogP contribution in [0.2, 0.25) is 0 Å². The van der Waals surface area contributed by atoms with Crippen LogP contribution in [-0.4, -0.2) is 0 Å². The second-order valence-corrected chi connectivity index (χ2v) is 8.64. The van der Waals surface area contributed by atoms with Crippen LogP contribution in [0.15, 0.2) is 97.1 Å². The average Bonchev–Trinajstić information content (AvgIpc) is 2.88. The van der Waals surface area contributed by atoms with Gasteiger partial charge in [0.25, 0.3) is 0 Å². The molecule has 0 bridgehead atoms. The minimum Gasteiger partial charge on any atom is -0.206 e. The van der Waals surface area contributed by atoms with Gasteiger partial charge in [-0.25, -0.2) is 26.3 Å². The summed E-state index contributed by atoms with van der Waals surface area (Å²) in [7, 11) is 0. The van der Waals surface area contributed by atoms with Crippen LogP contribution in [0.25, 0.3) is 33.4 Å². The molecular weight excluding hydrogens is 486 g/mol. The summed E-state index contributed by atoms with van der Waals surface area (Å²) in [6.07, 6.45) is 0.265. The summed E-state index contributed by atoms with van der Waals surface area (Å²) < 4.78 is 83.1. The van der Waals surface area contributed by atoms with Crippen molar-refractivity contribution in [1.29, 1.82) is 0 Å². The molecule has 0 atom stereocenters. The summed E-state index contributed by atoms with van der Waals surface area (Å²) in [6.45, 7) is 0. The van der Waals surface area contributed by atoms with Gasteiger partial charge in [0.2, 0.25) is 0 Å². The monoisotopic (exact) mass is 504 g/mol. The van der Waals surface area contributed by atoms with Crippen LogP contribution in [0.5, 0.6) is 0 Å². The highest BCUT2D eigenvalue weighted by Crippen LogP contribution is 2.30. The molecule has 0 unspecified atom stereocenters. The highest BCUT2D eigenvalue weighted by Gasteiger charge is 2.12. The van der Waals surface area contributed by atoms with Crippen LogP contribution in [0.1, 0.15) is 11.1 Å². The minimum atomic E-state index is -1.06. The Bertz CT molecular complexity index is 1610. The maximum absolute atomic E-state index is 15.0. The van der Waals surface area contributed by atoms with Gasteiger partial charge in [-0.2, -0.15) is 0 Å². The third-order valence-electron chi connectivity index (χ3n) is 6.15. The Morgan fingerprint density at radius 1 is 0.324 bits per heavy atom. The van der Waals surface area contributed by atoms with Gasteiger partial charge in [-0.15, -0.1) is 0 Å². The van der Waals surface area contributed by atoms with Crippen LogP contribution in [0.3, 0.4) is 0 Å².